The molecule has 0 saturated heterocycles. The van der Waals surface area contributed by atoms with E-state index < -0.39 is 22.4 Å². The van der Waals surface area contributed by atoms with Gasteiger partial charge in [0.2, 0.25) is 10.0 Å². The minimum Gasteiger partial charge on any atom is -0.392 e. The molecule has 2 N–H and O–H groups in total. The maximum absolute atomic E-state index is 13.6. The van der Waals surface area contributed by atoms with Gasteiger partial charge in [0.25, 0.3) is 0 Å². The number of halogens is 2. The van der Waals surface area contributed by atoms with E-state index in [1.54, 1.807) is 11.8 Å². The van der Waals surface area contributed by atoms with Gasteiger partial charge in [-0.25, -0.2) is 17.5 Å². The van der Waals surface area contributed by atoms with Gasteiger partial charge in [0.05, 0.1) is 16.5 Å². The van der Waals surface area contributed by atoms with E-state index in [4.69, 9.17) is 16.7 Å². The molecule has 21 heavy (non-hydrogen) atoms. The van der Waals surface area contributed by atoms with E-state index in [2.05, 4.69) is 4.72 Å². The van der Waals surface area contributed by atoms with Crippen LogP contribution in [0.1, 0.15) is 24.8 Å². The van der Waals surface area contributed by atoms with E-state index in [0.29, 0.717) is 6.54 Å². The first-order chi connectivity index (χ1) is 9.83. The van der Waals surface area contributed by atoms with Crippen molar-refractivity contribution in [3.8, 4) is 0 Å². The molecule has 0 heterocycles. The minimum atomic E-state index is -3.82. The average molecular weight is 354 g/mol. The number of aliphatic hydroxyl groups is 1. The fourth-order valence-electron chi connectivity index (χ4n) is 2.22. The Kier molecular flexibility index (Phi) is 5.20. The average Bonchev–Trinajstić information content (AvgIpc) is 2.40. The van der Waals surface area contributed by atoms with Crippen molar-refractivity contribution in [2.45, 2.75) is 35.5 Å². The third kappa shape index (κ3) is 3.53. The van der Waals surface area contributed by atoms with Crippen molar-refractivity contribution < 1.29 is 17.9 Å². The standard InChI is InChI=1S/C13H17ClFNO3S2/c1-20-13(3-2-4-13)8-16-21(18,19)10-5-9(7-17)12(14)11(15)6-10/h5-6,16-17H,2-4,7-8H2,1H3. The summed E-state index contributed by atoms with van der Waals surface area (Å²) in [6.07, 6.45) is 4.98. The zero-order valence-corrected chi connectivity index (χ0v) is 13.9. The highest BCUT2D eigenvalue weighted by atomic mass is 35.5. The Hall–Kier alpha value is -0.340. The van der Waals surface area contributed by atoms with Crippen molar-refractivity contribution in [2.24, 2.45) is 0 Å². The maximum Gasteiger partial charge on any atom is 0.240 e. The van der Waals surface area contributed by atoms with Crippen LogP contribution in [0.15, 0.2) is 17.0 Å². The monoisotopic (exact) mass is 353 g/mol. The second kappa shape index (κ2) is 6.42. The van der Waals surface area contributed by atoms with Crippen LogP contribution in [0.3, 0.4) is 0 Å². The lowest BCUT2D eigenvalue weighted by atomic mass is 9.84. The van der Waals surface area contributed by atoms with Gasteiger partial charge >= 0.3 is 0 Å². The molecule has 0 spiro atoms. The summed E-state index contributed by atoms with van der Waals surface area (Å²) in [7, 11) is -3.82. The third-order valence-electron chi connectivity index (χ3n) is 3.84. The molecule has 118 valence electrons. The van der Waals surface area contributed by atoms with Crippen molar-refractivity contribution in [1.29, 1.82) is 0 Å². The van der Waals surface area contributed by atoms with Crippen LogP contribution < -0.4 is 4.72 Å². The number of benzene rings is 1. The van der Waals surface area contributed by atoms with Crippen molar-refractivity contribution in [2.75, 3.05) is 12.8 Å². The van der Waals surface area contributed by atoms with Gasteiger partial charge < -0.3 is 5.11 Å². The van der Waals surface area contributed by atoms with Gasteiger partial charge in [0, 0.05) is 16.9 Å². The molecule has 2 rings (SSSR count). The molecule has 0 aliphatic heterocycles. The summed E-state index contributed by atoms with van der Waals surface area (Å²) >= 11 is 7.31. The number of rotatable bonds is 6. The van der Waals surface area contributed by atoms with E-state index in [0.717, 1.165) is 25.3 Å². The molecular formula is C13H17ClFNO3S2. The van der Waals surface area contributed by atoms with E-state index in [1.807, 2.05) is 6.26 Å². The maximum atomic E-state index is 13.6. The van der Waals surface area contributed by atoms with Crippen molar-refractivity contribution in [3.63, 3.8) is 0 Å². The van der Waals surface area contributed by atoms with Gasteiger partial charge in [-0.3, -0.25) is 0 Å². The molecule has 0 atom stereocenters. The molecule has 0 bridgehead atoms. The largest absolute Gasteiger partial charge is 0.392 e. The first-order valence-electron chi connectivity index (χ1n) is 6.47. The highest BCUT2D eigenvalue weighted by molar-refractivity contribution is 8.00. The Morgan fingerprint density at radius 1 is 1.48 bits per heavy atom. The van der Waals surface area contributed by atoms with Gasteiger partial charge in [-0.2, -0.15) is 11.8 Å². The van der Waals surface area contributed by atoms with Crippen LogP contribution in [0.5, 0.6) is 0 Å². The molecule has 0 amide bonds. The molecule has 1 aliphatic carbocycles. The van der Waals surface area contributed by atoms with Crippen LogP contribution in [-0.4, -0.2) is 31.1 Å². The molecule has 0 aromatic heterocycles. The lowest BCUT2D eigenvalue weighted by molar-refractivity contribution is 0.281. The first-order valence-corrected chi connectivity index (χ1v) is 9.56. The fourth-order valence-corrected chi connectivity index (χ4v) is 4.59. The number of hydrogen-bond acceptors (Lipinski definition) is 4. The summed E-state index contributed by atoms with van der Waals surface area (Å²) in [6.45, 7) is -0.205. The van der Waals surface area contributed by atoms with Crippen molar-refractivity contribution in [3.05, 3.63) is 28.5 Å². The number of hydrogen-bond donors (Lipinski definition) is 2. The van der Waals surface area contributed by atoms with Crippen LogP contribution in [-0.2, 0) is 16.6 Å². The highest BCUT2D eigenvalue weighted by Crippen LogP contribution is 2.42. The highest BCUT2D eigenvalue weighted by Gasteiger charge is 2.37. The summed E-state index contributed by atoms with van der Waals surface area (Å²) in [5.74, 6) is -0.855. The third-order valence-corrected chi connectivity index (χ3v) is 7.06. The molecule has 1 aromatic rings. The number of sulfonamides is 1. The van der Waals surface area contributed by atoms with Gasteiger partial charge in [0.1, 0.15) is 5.82 Å². The Labute approximate surface area is 133 Å². The molecule has 1 aliphatic rings. The summed E-state index contributed by atoms with van der Waals surface area (Å²) in [6, 6.07) is 2.07. The summed E-state index contributed by atoms with van der Waals surface area (Å²) in [5, 5.41) is 8.85. The van der Waals surface area contributed by atoms with E-state index >= 15 is 0 Å². The van der Waals surface area contributed by atoms with Crippen LogP contribution >= 0.6 is 23.4 Å². The second-order valence-corrected chi connectivity index (χ2v) is 8.52. The molecule has 1 fully saturated rings. The molecule has 4 nitrogen and oxygen atoms in total. The minimum absolute atomic E-state index is 0.0558. The van der Waals surface area contributed by atoms with Gasteiger partial charge in [0.15, 0.2) is 0 Å². The van der Waals surface area contributed by atoms with E-state index in [9.17, 15) is 12.8 Å². The molecule has 0 radical (unpaired) electrons. The predicted molar refractivity (Wildman–Crippen MR) is 82.6 cm³/mol. The summed E-state index contributed by atoms with van der Waals surface area (Å²) in [4.78, 5) is -0.218. The van der Waals surface area contributed by atoms with Gasteiger partial charge in [-0.15, -0.1) is 0 Å². The van der Waals surface area contributed by atoms with Crippen LogP contribution in [0.25, 0.3) is 0 Å². The van der Waals surface area contributed by atoms with Crippen LogP contribution in [0.4, 0.5) is 4.39 Å². The smallest absolute Gasteiger partial charge is 0.240 e. The summed E-state index contributed by atoms with van der Waals surface area (Å²) < 4.78 is 40.6. The second-order valence-electron chi connectivity index (χ2n) is 5.10. The Balaban J connectivity index is 2.21. The van der Waals surface area contributed by atoms with E-state index in [1.165, 1.54) is 6.07 Å². The number of thioether (sulfide) groups is 1. The SMILES string of the molecule is CSC1(CNS(=O)(=O)c2cc(F)c(Cl)c(CO)c2)CCC1. The van der Waals surface area contributed by atoms with Crippen molar-refractivity contribution in [1.82, 2.24) is 4.72 Å². The topological polar surface area (TPSA) is 66.4 Å². The normalized spacial score (nSPS) is 17.5. The Morgan fingerprint density at radius 3 is 2.62 bits per heavy atom. The zero-order chi connectivity index (χ0) is 15.7. The number of aliphatic hydroxyl groups excluding tert-OH is 1. The fraction of sp³-hybridized carbons (Fsp3) is 0.538. The first kappa shape index (κ1) is 17.0. The lowest BCUT2D eigenvalue weighted by Crippen LogP contribution is -2.45. The van der Waals surface area contributed by atoms with E-state index in [-0.39, 0.29) is 20.2 Å². The predicted octanol–water partition coefficient (Wildman–Crippen LogP) is 2.54. The van der Waals surface area contributed by atoms with Gasteiger partial charge in [-0.1, -0.05) is 18.0 Å². The lowest BCUT2D eigenvalue weighted by Gasteiger charge is -2.40. The molecule has 8 heteroatoms. The molecule has 1 saturated carbocycles. The Morgan fingerprint density at radius 2 is 2.14 bits per heavy atom. The van der Waals surface area contributed by atoms with Crippen LogP contribution in [0, 0.1) is 5.82 Å². The number of nitrogens with one attached hydrogen (secondary N) is 1. The quantitative estimate of drug-likeness (QED) is 0.824. The molecule has 1 aromatic carbocycles. The van der Waals surface area contributed by atoms with Crippen molar-refractivity contribution >= 4 is 33.4 Å². The van der Waals surface area contributed by atoms with Crippen LogP contribution in [0.2, 0.25) is 5.02 Å². The molecular weight excluding hydrogens is 337 g/mol. The molecule has 0 unspecified atom stereocenters. The zero-order valence-electron chi connectivity index (χ0n) is 11.5. The van der Waals surface area contributed by atoms with Gasteiger partial charge in [-0.05, 0) is 31.2 Å². The summed E-state index contributed by atoms with van der Waals surface area (Å²) in [5.41, 5.74) is 0.0558. The Bertz CT molecular complexity index is 627.